The van der Waals surface area contributed by atoms with E-state index in [2.05, 4.69) is 10.3 Å². The van der Waals surface area contributed by atoms with Gasteiger partial charge in [0.05, 0.1) is 18.7 Å². The molecule has 0 aliphatic heterocycles. The summed E-state index contributed by atoms with van der Waals surface area (Å²) in [5, 5.41) is 4.01. The fourth-order valence-electron chi connectivity index (χ4n) is 1.14. The quantitative estimate of drug-likeness (QED) is 0.815. The van der Waals surface area contributed by atoms with Gasteiger partial charge in [-0.1, -0.05) is 0 Å². The summed E-state index contributed by atoms with van der Waals surface area (Å²) in [5.41, 5.74) is 0.581. The molecule has 0 aliphatic rings. The second-order valence-corrected chi connectivity index (χ2v) is 4.28. The van der Waals surface area contributed by atoms with Crippen molar-refractivity contribution in [1.29, 1.82) is 0 Å². The molecule has 1 N–H and O–H groups in total. The minimum Gasteiger partial charge on any atom is -0.466 e. The number of aryl methyl sites for hydroxylation is 1. The van der Waals surface area contributed by atoms with Gasteiger partial charge in [-0.05, 0) is 6.92 Å². The maximum absolute atomic E-state index is 11.9. The summed E-state index contributed by atoms with van der Waals surface area (Å²) < 4.78 is 40.6. The highest BCUT2D eigenvalue weighted by molar-refractivity contribution is 7.13. The summed E-state index contributed by atoms with van der Waals surface area (Å²) in [7, 11) is 0. The maximum atomic E-state index is 11.9. The number of rotatable bonds is 6. The Bertz CT molecular complexity index is 393. The summed E-state index contributed by atoms with van der Waals surface area (Å²) in [5.74, 6) is -0.338. The number of anilines is 1. The first-order valence-corrected chi connectivity index (χ1v) is 6.19. The number of halogens is 3. The Hall–Kier alpha value is -1.31. The first kappa shape index (κ1) is 14.7. The van der Waals surface area contributed by atoms with Crippen LogP contribution in [0, 0.1) is 0 Å². The fraction of sp³-hybridized carbons (Fsp3) is 0.600. The lowest BCUT2D eigenvalue weighted by Gasteiger charge is -2.05. The molecule has 0 fully saturated rings. The van der Waals surface area contributed by atoms with E-state index in [4.69, 9.17) is 4.74 Å². The molecule has 1 heterocycles. The lowest BCUT2D eigenvalue weighted by molar-refractivity contribution is -0.143. The van der Waals surface area contributed by atoms with Gasteiger partial charge in [-0.3, -0.25) is 4.79 Å². The molecule has 0 aliphatic carbocycles. The minimum atomic E-state index is -4.27. The Morgan fingerprint density at radius 3 is 2.89 bits per heavy atom. The van der Waals surface area contributed by atoms with Crippen molar-refractivity contribution < 1.29 is 22.7 Å². The van der Waals surface area contributed by atoms with Gasteiger partial charge in [-0.25, -0.2) is 4.98 Å². The monoisotopic (exact) mass is 282 g/mol. The van der Waals surface area contributed by atoms with E-state index in [1.165, 1.54) is 0 Å². The average Bonchev–Trinajstić information content (AvgIpc) is 2.71. The summed E-state index contributed by atoms with van der Waals surface area (Å²) in [4.78, 5) is 15.0. The smallest absolute Gasteiger partial charge is 0.405 e. The zero-order valence-electron chi connectivity index (χ0n) is 9.71. The van der Waals surface area contributed by atoms with E-state index in [9.17, 15) is 18.0 Å². The van der Waals surface area contributed by atoms with E-state index in [-0.39, 0.29) is 17.5 Å². The lowest BCUT2D eigenvalue weighted by atomic mass is 10.2. The van der Waals surface area contributed by atoms with Crippen molar-refractivity contribution in [3.8, 4) is 0 Å². The number of ether oxygens (including phenoxy) is 1. The summed E-state index contributed by atoms with van der Waals surface area (Å²) in [6.07, 6.45) is -3.73. The van der Waals surface area contributed by atoms with Crippen LogP contribution in [0.15, 0.2) is 5.38 Å². The van der Waals surface area contributed by atoms with Crippen LogP contribution in [0.1, 0.15) is 19.0 Å². The number of alkyl halides is 3. The SMILES string of the molecule is CCOC(=O)CCc1csc(NCC(F)(F)F)n1. The molecule has 18 heavy (non-hydrogen) atoms. The second kappa shape index (κ2) is 6.58. The van der Waals surface area contributed by atoms with Crippen LogP contribution in [0.25, 0.3) is 0 Å². The van der Waals surface area contributed by atoms with Crippen LogP contribution in [0.5, 0.6) is 0 Å². The number of esters is 1. The van der Waals surface area contributed by atoms with Crippen LogP contribution in [-0.2, 0) is 16.0 Å². The van der Waals surface area contributed by atoms with Crippen LogP contribution >= 0.6 is 11.3 Å². The highest BCUT2D eigenvalue weighted by Crippen LogP contribution is 2.20. The second-order valence-electron chi connectivity index (χ2n) is 3.42. The lowest BCUT2D eigenvalue weighted by Crippen LogP contribution is -2.21. The first-order chi connectivity index (χ1) is 8.40. The van der Waals surface area contributed by atoms with Gasteiger partial charge in [-0.2, -0.15) is 13.2 Å². The number of nitrogens with zero attached hydrogens (tertiary/aromatic N) is 1. The molecular weight excluding hydrogens is 269 g/mol. The van der Waals surface area contributed by atoms with Crippen molar-refractivity contribution in [2.24, 2.45) is 0 Å². The minimum absolute atomic E-state index is 0.177. The largest absolute Gasteiger partial charge is 0.466 e. The number of aromatic nitrogens is 1. The van der Waals surface area contributed by atoms with Crippen LogP contribution in [0.3, 0.4) is 0 Å². The van der Waals surface area contributed by atoms with Gasteiger partial charge in [0.1, 0.15) is 6.54 Å². The van der Waals surface area contributed by atoms with Crippen molar-refractivity contribution in [3.05, 3.63) is 11.1 Å². The zero-order chi connectivity index (χ0) is 13.6. The van der Waals surface area contributed by atoms with Crippen molar-refractivity contribution >= 4 is 22.4 Å². The van der Waals surface area contributed by atoms with E-state index in [1.807, 2.05) is 0 Å². The third-order valence-electron chi connectivity index (χ3n) is 1.88. The van der Waals surface area contributed by atoms with Gasteiger partial charge in [0.25, 0.3) is 0 Å². The predicted molar refractivity (Wildman–Crippen MR) is 61.6 cm³/mol. The van der Waals surface area contributed by atoms with Gasteiger partial charge in [0.15, 0.2) is 5.13 Å². The van der Waals surface area contributed by atoms with E-state index in [1.54, 1.807) is 12.3 Å². The number of carbonyl (C=O) groups is 1. The third-order valence-corrected chi connectivity index (χ3v) is 2.73. The molecule has 0 atom stereocenters. The summed E-state index contributed by atoms with van der Waals surface area (Å²) in [6, 6.07) is 0. The molecule has 1 rings (SSSR count). The van der Waals surface area contributed by atoms with Crippen LogP contribution in [-0.4, -0.2) is 30.3 Å². The molecular formula is C10H13F3N2O2S. The topological polar surface area (TPSA) is 51.2 Å². The predicted octanol–water partition coefficient (Wildman–Crippen LogP) is 2.61. The molecule has 0 radical (unpaired) electrons. The molecule has 0 saturated carbocycles. The number of thiazole rings is 1. The normalized spacial score (nSPS) is 11.3. The molecule has 0 spiro atoms. The highest BCUT2D eigenvalue weighted by Gasteiger charge is 2.27. The standard InChI is InChI=1S/C10H13F3N2O2S/c1-2-17-8(16)4-3-7-5-18-9(15-7)14-6-10(11,12)13/h5H,2-4,6H2,1H3,(H,14,15). The number of carbonyl (C=O) groups excluding carboxylic acids is 1. The van der Waals surface area contributed by atoms with Crippen LogP contribution in [0.2, 0.25) is 0 Å². The Morgan fingerprint density at radius 2 is 2.28 bits per heavy atom. The number of hydrogen-bond donors (Lipinski definition) is 1. The van der Waals surface area contributed by atoms with Gasteiger partial charge in [0.2, 0.25) is 0 Å². The van der Waals surface area contributed by atoms with Crippen molar-refractivity contribution in [1.82, 2.24) is 4.98 Å². The van der Waals surface area contributed by atoms with Crippen molar-refractivity contribution in [2.45, 2.75) is 25.9 Å². The van der Waals surface area contributed by atoms with Gasteiger partial charge in [-0.15, -0.1) is 11.3 Å². The van der Waals surface area contributed by atoms with E-state index < -0.39 is 12.7 Å². The molecule has 4 nitrogen and oxygen atoms in total. The maximum Gasteiger partial charge on any atom is 0.405 e. The molecule has 0 bridgehead atoms. The van der Waals surface area contributed by atoms with Crippen molar-refractivity contribution in [2.75, 3.05) is 18.5 Å². The zero-order valence-corrected chi connectivity index (χ0v) is 10.5. The van der Waals surface area contributed by atoms with E-state index in [0.717, 1.165) is 11.3 Å². The molecule has 0 saturated heterocycles. The van der Waals surface area contributed by atoms with Gasteiger partial charge in [0, 0.05) is 11.8 Å². The van der Waals surface area contributed by atoms with E-state index in [0.29, 0.717) is 18.7 Å². The Balaban J connectivity index is 2.36. The third kappa shape index (κ3) is 5.85. The molecule has 0 aromatic carbocycles. The molecule has 102 valence electrons. The Kier molecular flexibility index (Phi) is 5.39. The van der Waals surface area contributed by atoms with Gasteiger partial charge >= 0.3 is 12.1 Å². The molecule has 1 aromatic heterocycles. The molecule has 8 heteroatoms. The number of nitrogens with one attached hydrogen (secondary N) is 1. The molecule has 0 unspecified atom stereocenters. The first-order valence-electron chi connectivity index (χ1n) is 5.31. The fourth-order valence-corrected chi connectivity index (χ4v) is 1.89. The summed E-state index contributed by atoms with van der Waals surface area (Å²) in [6.45, 7) is 0.909. The van der Waals surface area contributed by atoms with Crippen LogP contribution in [0.4, 0.5) is 18.3 Å². The van der Waals surface area contributed by atoms with E-state index >= 15 is 0 Å². The molecule has 1 aromatic rings. The highest BCUT2D eigenvalue weighted by atomic mass is 32.1. The van der Waals surface area contributed by atoms with Crippen LogP contribution < -0.4 is 5.32 Å². The Morgan fingerprint density at radius 1 is 1.56 bits per heavy atom. The number of hydrogen-bond acceptors (Lipinski definition) is 5. The van der Waals surface area contributed by atoms with Crippen molar-refractivity contribution in [3.63, 3.8) is 0 Å². The molecule has 0 amide bonds. The average molecular weight is 282 g/mol. The van der Waals surface area contributed by atoms with Gasteiger partial charge < -0.3 is 10.1 Å². The summed E-state index contributed by atoms with van der Waals surface area (Å²) >= 11 is 1.08. The Labute approximate surface area is 106 Å².